The van der Waals surface area contributed by atoms with Crippen LogP contribution < -0.4 is 4.74 Å². The molecule has 0 fully saturated rings. The molecule has 1 aromatic carbocycles. The lowest BCUT2D eigenvalue weighted by Crippen LogP contribution is -2.10. The molecule has 0 bridgehead atoms. The summed E-state index contributed by atoms with van der Waals surface area (Å²) < 4.78 is 9.25. The third-order valence-corrected chi connectivity index (χ3v) is 1.51. The lowest BCUT2D eigenvalue weighted by atomic mass is 10.3. The van der Waals surface area contributed by atoms with Gasteiger partial charge in [-0.2, -0.15) is 0 Å². The van der Waals surface area contributed by atoms with Crippen LogP contribution in [0.4, 0.5) is 4.79 Å². The minimum absolute atomic E-state index is 0.112. The van der Waals surface area contributed by atoms with Gasteiger partial charge in [0.1, 0.15) is 5.75 Å². The van der Waals surface area contributed by atoms with Crippen LogP contribution in [0.25, 0.3) is 0 Å². The number of ether oxygens (including phenoxy) is 2. The highest BCUT2D eigenvalue weighted by Crippen LogP contribution is 2.17. The first-order valence-corrected chi connectivity index (χ1v) is 4.14. The standard InChI is InChI=1S/C10H7ClO3/c1-2-6-13-10(12)14-9-5-3-4-8(11)7-9/h1,3-5,7H,6H2. The van der Waals surface area contributed by atoms with Gasteiger partial charge in [0.25, 0.3) is 0 Å². The van der Waals surface area contributed by atoms with E-state index in [1.807, 2.05) is 0 Å². The topological polar surface area (TPSA) is 35.5 Å². The summed E-state index contributed by atoms with van der Waals surface area (Å²) in [6.07, 6.45) is 4.05. The lowest BCUT2D eigenvalue weighted by Gasteiger charge is -2.02. The number of rotatable bonds is 2. The van der Waals surface area contributed by atoms with Crippen LogP contribution in [0.5, 0.6) is 5.75 Å². The van der Waals surface area contributed by atoms with Gasteiger partial charge in [-0.25, -0.2) is 4.79 Å². The zero-order chi connectivity index (χ0) is 10.4. The van der Waals surface area contributed by atoms with Crippen LogP contribution in [-0.2, 0) is 4.74 Å². The third kappa shape index (κ3) is 3.38. The van der Waals surface area contributed by atoms with Gasteiger partial charge >= 0.3 is 6.16 Å². The molecular formula is C10H7ClO3. The molecular weight excluding hydrogens is 204 g/mol. The average molecular weight is 211 g/mol. The van der Waals surface area contributed by atoms with E-state index in [2.05, 4.69) is 10.7 Å². The summed E-state index contributed by atoms with van der Waals surface area (Å²) in [6.45, 7) is -0.112. The Kier molecular flexibility index (Phi) is 3.84. The Balaban J connectivity index is 2.53. The van der Waals surface area contributed by atoms with Gasteiger partial charge in [0.15, 0.2) is 6.61 Å². The smallest absolute Gasteiger partial charge is 0.421 e. The zero-order valence-electron chi connectivity index (χ0n) is 7.20. The van der Waals surface area contributed by atoms with Crippen molar-refractivity contribution in [2.75, 3.05) is 6.61 Å². The molecule has 0 atom stereocenters. The summed E-state index contributed by atoms with van der Waals surface area (Å²) in [5, 5.41) is 0.479. The van der Waals surface area contributed by atoms with Gasteiger partial charge in [-0.05, 0) is 18.2 Å². The Labute approximate surface area is 86.6 Å². The van der Waals surface area contributed by atoms with E-state index in [9.17, 15) is 4.79 Å². The van der Waals surface area contributed by atoms with Crippen LogP contribution in [0.15, 0.2) is 24.3 Å². The minimum Gasteiger partial charge on any atom is -0.421 e. The fourth-order valence-corrected chi connectivity index (χ4v) is 0.937. The zero-order valence-corrected chi connectivity index (χ0v) is 7.95. The van der Waals surface area contributed by atoms with Gasteiger partial charge in [0, 0.05) is 5.02 Å². The molecule has 0 saturated carbocycles. The van der Waals surface area contributed by atoms with Crippen molar-refractivity contribution in [1.29, 1.82) is 0 Å². The average Bonchev–Trinajstić information content (AvgIpc) is 2.15. The number of carbonyl (C=O) groups is 1. The van der Waals surface area contributed by atoms with E-state index in [-0.39, 0.29) is 6.61 Å². The fraction of sp³-hybridized carbons (Fsp3) is 0.100. The Morgan fingerprint density at radius 1 is 1.57 bits per heavy atom. The van der Waals surface area contributed by atoms with Crippen molar-refractivity contribution in [2.45, 2.75) is 0 Å². The summed E-state index contributed by atoms with van der Waals surface area (Å²) in [4.78, 5) is 10.9. The molecule has 0 aliphatic carbocycles. The predicted octanol–water partition coefficient (Wildman–Crippen LogP) is 2.49. The molecule has 0 amide bonds. The molecule has 1 aromatic rings. The van der Waals surface area contributed by atoms with Crippen molar-refractivity contribution in [3.63, 3.8) is 0 Å². The first-order valence-electron chi connectivity index (χ1n) is 3.76. The first-order chi connectivity index (χ1) is 6.72. The van der Waals surface area contributed by atoms with E-state index in [4.69, 9.17) is 22.8 Å². The van der Waals surface area contributed by atoms with E-state index in [1.54, 1.807) is 18.2 Å². The van der Waals surface area contributed by atoms with Crippen LogP contribution in [0.1, 0.15) is 0 Å². The van der Waals surface area contributed by atoms with Gasteiger partial charge in [-0.15, -0.1) is 6.42 Å². The van der Waals surface area contributed by atoms with Gasteiger partial charge in [-0.1, -0.05) is 23.6 Å². The molecule has 0 unspecified atom stereocenters. The highest BCUT2D eigenvalue weighted by molar-refractivity contribution is 6.30. The SMILES string of the molecule is C#CCOC(=O)Oc1cccc(Cl)c1. The Morgan fingerprint density at radius 3 is 3.00 bits per heavy atom. The second kappa shape index (κ2) is 5.15. The summed E-state index contributed by atoms with van der Waals surface area (Å²) in [5.41, 5.74) is 0. The van der Waals surface area contributed by atoms with Crippen molar-refractivity contribution in [3.8, 4) is 18.1 Å². The van der Waals surface area contributed by atoms with Crippen molar-refractivity contribution >= 4 is 17.8 Å². The monoisotopic (exact) mass is 210 g/mol. The Bertz CT molecular complexity index is 368. The van der Waals surface area contributed by atoms with Crippen molar-refractivity contribution in [2.24, 2.45) is 0 Å². The van der Waals surface area contributed by atoms with Crippen LogP contribution in [-0.4, -0.2) is 12.8 Å². The number of terminal acetylenes is 1. The van der Waals surface area contributed by atoms with Gasteiger partial charge < -0.3 is 9.47 Å². The van der Waals surface area contributed by atoms with E-state index >= 15 is 0 Å². The van der Waals surface area contributed by atoms with E-state index in [1.165, 1.54) is 6.07 Å². The number of benzene rings is 1. The van der Waals surface area contributed by atoms with Crippen LogP contribution in [0, 0.1) is 12.3 Å². The van der Waals surface area contributed by atoms with E-state index in [0.717, 1.165) is 0 Å². The van der Waals surface area contributed by atoms with Crippen molar-refractivity contribution < 1.29 is 14.3 Å². The van der Waals surface area contributed by atoms with E-state index < -0.39 is 6.16 Å². The van der Waals surface area contributed by atoms with Gasteiger partial charge in [0.2, 0.25) is 0 Å². The van der Waals surface area contributed by atoms with Crippen LogP contribution >= 0.6 is 11.6 Å². The molecule has 72 valence electrons. The number of hydrogen-bond donors (Lipinski definition) is 0. The molecule has 0 spiro atoms. The maximum atomic E-state index is 10.9. The van der Waals surface area contributed by atoms with Gasteiger partial charge in [0.05, 0.1) is 0 Å². The summed E-state index contributed by atoms with van der Waals surface area (Å²) in [5.74, 6) is 2.47. The van der Waals surface area contributed by atoms with Gasteiger partial charge in [-0.3, -0.25) is 0 Å². The quantitative estimate of drug-likeness (QED) is 0.427. The number of hydrogen-bond acceptors (Lipinski definition) is 3. The van der Waals surface area contributed by atoms with Crippen molar-refractivity contribution in [3.05, 3.63) is 29.3 Å². The normalized spacial score (nSPS) is 8.86. The molecule has 0 aliphatic rings. The Hall–Kier alpha value is -1.66. The van der Waals surface area contributed by atoms with E-state index in [0.29, 0.717) is 10.8 Å². The molecule has 0 saturated heterocycles. The third-order valence-electron chi connectivity index (χ3n) is 1.27. The summed E-state index contributed by atoms with van der Waals surface area (Å²) >= 11 is 5.67. The minimum atomic E-state index is -0.842. The molecule has 0 aromatic heterocycles. The molecule has 3 nitrogen and oxygen atoms in total. The fourth-order valence-electron chi connectivity index (χ4n) is 0.757. The summed E-state index contributed by atoms with van der Waals surface area (Å²) in [7, 11) is 0. The predicted molar refractivity (Wildman–Crippen MR) is 52.3 cm³/mol. The lowest BCUT2D eigenvalue weighted by molar-refractivity contribution is 0.111. The second-order valence-electron chi connectivity index (χ2n) is 2.30. The largest absolute Gasteiger partial charge is 0.514 e. The highest BCUT2D eigenvalue weighted by Gasteiger charge is 2.04. The maximum Gasteiger partial charge on any atom is 0.514 e. The van der Waals surface area contributed by atoms with Crippen LogP contribution in [0.3, 0.4) is 0 Å². The molecule has 0 N–H and O–H groups in total. The first kappa shape index (κ1) is 10.4. The highest BCUT2D eigenvalue weighted by atomic mass is 35.5. The maximum absolute atomic E-state index is 10.9. The Morgan fingerprint density at radius 2 is 2.36 bits per heavy atom. The summed E-state index contributed by atoms with van der Waals surface area (Å²) in [6, 6.07) is 6.41. The molecule has 14 heavy (non-hydrogen) atoms. The number of halogens is 1. The van der Waals surface area contributed by atoms with Crippen LogP contribution in [0.2, 0.25) is 5.02 Å². The molecule has 0 heterocycles. The molecule has 4 heteroatoms. The second-order valence-corrected chi connectivity index (χ2v) is 2.74. The molecule has 0 aliphatic heterocycles. The molecule has 0 radical (unpaired) electrons. The van der Waals surface area contributed by atoms with Crippen molar-refractivity contribution in [1.82, 2.24) is 0 Å². The molecule has 1 rings (SSSR count). The number of carbonyl (C=O) groups excluding carboxylic acids is 1.